The van der Waals surface area contributed by atoms with E-state index >= 15 is 0 Å². The first kappa shape index (κ1) is 28.6. The van der Waals surface area contributed by atoms with Crippen LogP contribution in [0.4, 0.5) is 0 Å². The zero-order valence-electron chi connectivity index (χ0n) is 20.7. The lowest BCUT2D eigenvalue weighted by Crippen LogP contribution is -2.57. The first-order valence-corrected chi connectivity index (χ1v) is 13.9. The molecule has 39 heavy (non-hydrogen) atoms. The molecule has 3 aromatic rings. The van der Waals surface area contributed by atoms with E-state index in [4.69, 9.17) is 18.9 Å². The number of ether oxygens (including phenoxy) is 4. The molecule has 4 rings (SSSR count). The van der Waals surface area contributed by atoms with Gasteiger partial charge in [0.05, 0.1) is 6.20 Å². The van der Waals surface area contributed by atoms with E-state index in [-0.39, 0.29) is 12.3 Å². The van der Waals surface area contributed by atoms with E-state index in [1.54, 1.807) is 23.8 Å². The van der Waals surface area contributed by atoms with Gasteiger partial charge in [0.1, 0.15) is 41.0 Å². The second-order valence-electron chi connectivity index (χ2n) is 8.14. The Bertz CT molecular complexity index is 1400. The van der Waals surface area contributed by atoms with E-state index in [0.717, 1.165) is 11.8 Å². The van der Waals surface area contributed by atoms with Gasteiger partial charge in [0.2, 0.25) is 0 Å². The van der Waals surface area contributed by atoms with Crippen molar-refractivity contribution in [2.45, 2.75) is 55.5 Å². The molecule has 0 amide bonds. The number of rotatable bonds is 8. The Morgan fingerprint density at radius 2 is 1.92 bits per heavy atom. The van der Waals surface area contributed by atoms with Crippen LogP contribution < -0.4 is 0 Å². The number of pyridine rings is 1. The molecule has 16 heteroatoms. The maximum Gasteiger partial charge on any atom is 0.303 e. The first-order valence-electron chi connectivity index (χ1n) is 11.3. The maximum atomic E-state index is 12.3. The molecule has 13 nitrogen and oxygen atoms in total. The molecular formula is C23H21BrN6O7S2. The van der Waals surface area contributed by atoms with Crippen LogP contribution in [0.25, 0.3) is 10.7 Å². The Morgan fingerprint density at radius 1 is 1.18 bits per heavy atom. The molecular weight excluding hydrogens is 616 g/mol. The number of thioether (sulfide) groups is 1. The number of hydrogen-bond donors (Lipinski definition) is 0. The van der Waals surface area contributed by atoms with E-state index in [2.05, 4.69) is 36.2 Å². The van der Waals surface area contributed by atoms with Gasteiger partial charge < -0.3 is 18.9 Å². The van der Waals surface area contributed by atoms with E-state index < -0.39 is 47.7 Å². The highest BCUT2D eigenvalue weighted by Gasteiger charge is 2.52. The molecule has 4 heterocycles. The van der Waals surface area contributed by atoms with E-state index in [0.29, 0.717) is 20.1 Å². The van der Waals surface area contributed by atoms with Crippen molar-refractivity contribution >= 4 is 56.9 Å². The zero-order valence-corrected chi connectivity index (χ0v) is 23.9. The summed E-state index contributed by atoms with van der Waals surface area (Å²) in [6, 6.07) is 2.74. The molecule has 3 unspecified atom stereocenters. The topological polar surface area (TPSA) is 168 Å². The number of nitrogens with zero attached hydrogens (tertiary/aromatic N) is 6. The van der Waals surface area contributed by atoms with Gasteiger partial charge in [0, 0.05) is 47.9 Å². The summed E-state index contributed by atoms with van der Waals surface area (Å²) in [5.41, 5.74) is -0.402. The number of carbonyl (C=O) groups excluding carboxylic acids is 3. The Morgan fingerprint density at radius 3 is 2.56 bits per heavy atom. The Hall–Kier alpha value is -3.39. The van der Waals surface area contributed by atoms with Crippen LogP contribution in [0.3, 0.4) is 0 Å². The summed E-state index contributed by atoms with van der Waals surface area (Å²) >= 11 is 5.78. The minimum atomic E-state index is -1.11. The van der Waals surface area contributed by atoms with Gasteiger partial charge in [-0.3, -0.25) is 14.4 Å². The van der Waals surface area contributed by atoms with Gasteiger partial charge in [-0.15, -0.1) is 16.4 Å². The van der Waals surface area contributed by atoms with Crippen LogP contribution in [0, 0.1) is 11.3 Å². The van der Waals surface area contributed by atoms with Gasteiger partial charge in [-0.2, -0.15) is 5.26 Å². The zero-order chi connectivity index (χ0) is 28.1. The van der Waals surface area contributed by atoms with Gasteiger partial charge in [0.15, 0.2) is 17.9 Å². The Kier molecular flexibility index (Phi) is 9.28. The Balaban J connectivity index is 1.82. The lowest BCUT2D eigenvalue weighted by molar-refractivity contribution is -0.212. The minimum Gasteiger partial charge on any atom is -0.463 e. The molecule has 1 fully saturated rings. The molecule has 1 aliphatic heterocycles. The number of thiazole rings is 1. The van der Waals surface area contributed by atoms with E-state index in [9.17, 15) is 19.6 Å². The van der Waals surface area contributed by atoms with E-state index in [1.165, 1.54) is 43.0 Å². The summed E-state index contributed by atoms with van der Waals surface area (Å²) in [5.74, 6) is -1.84. The van der Waals surface area contributed by atoms with Crippen molar-refractivity contribution in [2.75, 3.05) is 6.61 Å². The van der Waals surface area contributed by atoms with Gasteiger partial charge >= 0.3 is 17.9 Å². The average Bonchev–Trinajstić information content (AvgIpc) is 3.56. The molecule has 0 N–H and O–H groups in total. The SMILES string of the molecule is CC(=O)OCC1O[C@H](Sc2cc(Br)cnc2C#N)C(OC(C)=O)C(n2cc(-c3nccs3)nn2)[C@H]1OC(C)=O. The number of halogens is 1. The standard InChI is InChI=1S/C23H21BrN6O7S2/c1-11(31)34-10-17-20(35-12(2)32)19(30-9-16(28-29-30)22-26-4-5-38-22)21(36-13(3)33)23(37-17)39-18-6-14(24)8-27-15(18)7-25/h4-6,8-9,17,19-21,23H,10H2,1-3H3/t17?,19?,20-,21?,23+/m0/s1. The molecule has 0 aliphatic carbocycles. The second-order valence-corrected chi connectivity index (χ2v) is 11.1. The predicted octanol–water partition coefficient (Wildman–Crippen LogP) is 2.92. The first-order chi connectivity index (χ1) is 18.7. The fourth-order valence-corrected chi connectivity index (χ4v) is 6.14. The van der Waals surface area contributed by atoms with Gasteiger partial charge in [-0.05, 0) is 22.0 Å². The van der Waals surface area contributed by atoms with Crippen LogP contribution >= 0.6 is 39.0 Å². The van der Waals surface area contributed by atoms with E-state index in [1.807, 2.05) is 6.07 Å². The third-order valence-electron chi connectivity index (χ3n) is 5.31. The molecule has 204 valence electrons. The normalized spacial score (nSPS) is 22.5. The molecule has 0 spiro atoms. The number of nitriles is 1. The molecule has 0 saturated carbocycles. The van der Waals surface area contributed by atoms with Crippen LogP contribution in [0.5, 0.6) is 0 Å². The molecule has 0 radical (unpaired) electrons. The number of hydrogen-bond acceptors (Lipinski definition) is 14. The summed E-state index contributed by atoms with van der Waals surface area (Å²) in [5, 5.41) is 20.4. The molecule has 3 aromatic heterocycles. The van der Waals surface area contributed by atoms with Crippen molar-refractivity contribution in [1.82, 2.24) is 25.0 Å². The fourth-order valence-electron chi connectivity index (χ4n) is 3.87. The lowest BCUT2D eigenvalue weighted by Gasteiger charge is -2.44. The molecule has 0 bridgehead atoms. The molecule has 0 aromatic carbocycles. The molecule has 1 saturated heterocycles. The minimum absolute atomic E-state index is 0.121. The average molecular weight is 637 g/mol. The highest BCUT2D eigenvalue weighted by atomic mass is 79.9. The van der Waals surface area contributed by atoms with Crippen molar-refractivity contribution in [1.29, 1.82) is 5.26 Å². The predicted molar refractivity (Wildman–Crippen MR) is 139 cm³/mol. The highest BCUT2D eigenvalue weighted by Crippen LogP contribution is 2.42. The van der Waals surface area contributed by atoms with Gasteiger partial charge in [-0.25, -0.2) is 14.6 Å². The van der Waals surface area contributed by atoms with Crippen molar-refractivity contribution in [2.24, 2.45) is 0 Å². The number of aromatic nitrogens is 5. The van der Waals surface area contributed by atoms with Gasteiger partial charge in [-0.1, -0.05) is 17.0 Å². The van der Waals surface area contributed by atoms with Gasteiger partial charge in [0.25, 0.3) is 0 Å². The summed E-state index contributed by atoms with van der Waals surface area (Å²) < 4.78 is 24.9. The lowest BCUT2D eigenvalue weighted by atomic mass is 9.96. The van der Waals surface area contributed by atoms with Crippen LogP contribution in [-0.4, -0.2) is 73.2 Å². The summed E-state index contributed by atoms with van der Waals surface area (Å²) in [6.07, 6.45) is 1.49. The Labute approximate surface area is 238 Å². The monoisotopic (exact) mass is 636 g/mol. The van der Waals surface area contributed by atoms with Crippen molar-refractivity contribution in [3.05, 3.63) is 40.2 Å². The van der Waals surface area contributed by atoms with Crippen LogP contribution in [0.1, 0.15) is 32.5 Å². The largest absolute Gasteiger partial charge is 0.463 e. The van der Waals surface area contributed by atoms with Crippen LogP contribution in [-0.2, 0) is 33.3 Å². The highest BCUT2D eigenvalue weighted by molar-refractivity contribution is 9.10. The summed E-state index contributed by atoms with van der Waals surface area (Å²) in [7, 11) is 0. The fraction of sp³-hybridized carbons (Fsp3) is 0.391. The summed E-state index contributed by atoms with van der Waals surface area (Å²) in [4.78, 5) is 44.9. The third kappa shape index (κ3) is 6.98. The third-order valence-corrected chi connectivity index (χ3v) is 7.71. The second kappa shape index (κ2) is 12.6. The van der Waals surface area contributed by atoms with Crippen molar-refractivity contribution in [3.63, 3.8) is 0 Å². The number of carbonyl (C=O) groups is 3. The molecule has 5 atom stereocenters. The number of esters is 3. The summed E-state index contributed by atoms with van der Waals surface area (Å²) in [6.45, 7) is 3.41. The molecule has 1 aliphatic rings. The van der Waals surface area contributed by atoms with Crippen LogP contribution in [0.2, 0.25) is 0 Å². The van der Waals surface area contributed by atoms with Crippen molar-refractivity contribution < 1.29 is 33.3 Å². The van der Waals surface area contributed by atoms with Crippen molar-refractivity contribution in [3.8, 4) is 16.8 Å². The smallest absolute Gasteiger partial charge is 0.303 e. The quantitative estimate of drug-likeness (QED) is 0.261. The maximum absolute atomic E-state index is 12.3. The van der Waals surface area contributed by atoms with Crippen LogP contribution in [0.15, 0.2) is 39.4 Å².